The Bertz CT molecular complexity index is 807. The van der Waals surface area contributed by atoms with Gasteiger partial charge in [0.05, 0.1) is 17.1 Å². The molecule has 0 aliphatic rings. The van der Waals surface area contributed by atoms with Crippen molar-refractivity contribution in [3.63, 3.8) is 0 Å². The van der Waals surface area contributed by atoms with Crippen molar-refractivity contribution in [1.29, 1.82) is 0 Å². The predicted molar refractivity (Wildman–Crippen MR) is 79.1 cm³/mol. The van der Waals surface area contributed by atoms with E-state index in [0.717, 1.165) is 5.39 Å². The van der Waals surface area contributed by atoms with Crippen LogP contribution in [0.1, 0.15) is 5.56 Å². The molecule has 0 fully saturated rings. The van der Waals surface area contributed by atoms with Crippen molar-refractivity contribution < 1.29 is 14.2 Å². The van der Waals surface area contributed by atoms with Crippen molar-refractivity contribution in [3.8, 4) is 11.6 Å². The average Bonchev–Trinajstić information content (AvgIpc) is 2.50. The molecule has 1 aromatic heterocycles. The van der Waals surface area contributed by atoms with Gasteiger partial charge in [-0.3, -0.25) is 0 Å². The smallest absolute Gasteiger partial charge is 0.220 e. The van der Waals surface area contributed by atoms with Crippen LogP contribution in [-0.2, 0) is 6.61 Å². The number of aromatic nitrogens is 1. The predicted octanol–water partition coefficient (Wildman–Crippen LogP) is 4.31. The maximum Gasteiger partial charge on any atom is 0.220 e. The summed E-state index contributed by atoms with van der Waals surface area (Å²) >= 11 is 5.63. The Labute approximate surface area is 125 Å². The standard InChI is InChI=1S/C16H11ClFNO2/c17-13-6-5-11(8-14(13)18)21-16-7-10(9-20)12-3-1-2-4-15(12)19-16/h1-8,20H,9H2. The van der Waals surface area contributed by atoms with Gasteiger partial charge in [-0.25, -0.2) is 9.37 Å². The Morgan fingerprint density at radius 1 is 1.14 bits per heavy atom. The Balaban J connectivity index is 2.02. The molecule has 0 spiro atoms. The number of hydrogen-bond acceptors (Lipinski definition) is 3. The molecule has 21 heavy (non-hydrogen) atoms. The first-order chi connectivity index (χ1) is 10.2. The Morgan fingerprint density at radius 2 is 1.95 bits per heavy atom. The van der Waals surface area contributed by atoms with Crippen molar-refractivity contribution in [2.24, 2.45) is 0 Å². The van der Waals surface area contributed by atoms with Gasteiger partial charge in [-0.05, 0) is 23.8 Å². The Morgan fingerprint density at radius 3 is 2.71 bits per heavy atom. The van der Waals surface area contributed by atoms with Crippen molar-refractivity contribution in [3.05, 3.63) is 64.9 Å². The van der Waals surface area contributed by atoms with E-state index in [-0.39, 0.29) is 11.6 Å². The topological polar surface area (TPSA) is 42.4 Å². The van der Waals surface area contributed by atoms with Crippen LogP contribution in [0.2, 0.25) is 5.02 Å². The van der Waals surface area contributed by atoms with Gasteiger partial charge < -0.3 is 9.84 Å². The van der Waals surface area contributed by atoms with E-state index in [9.17, 15) is 9.50 Å². The summed E-state index contributed by atoms with van der Waals surface area (Å²) in [4.78, 5) is 4.34. The van der Waals surface area contributed by atoms with E-state index in [2.05, 4.69) is 4.98 Å². The monoisotopic (exact) mass is 303 g/mol. The number of ether oxygens (including phenoxy) is 1. The number of fused-ring (bicyclic) bond motifs is 1. The fraction of sp³-hybridized carbons (Fsp3) is 0.0625. The largest absolute Gasteiger partial charge is 0.439 e. The van der Waals surface area contributed by atoms with Crippen LogP contribution in [0.15, 0.2) is 48.5 Å². The van der Waals surface area contributed by atoms with Crippen LogP contribution in [-0.4, -0.2) is 10.1 Å². The summed E-state index contributed by atoms with van der Waals surface area (Å²) in [5.74, 6) is 0.0281. The first-order valence-electron chi connectivity index (χ1n) is 6.30. The number of aliphatic hydroxyl groups is 1. The molecule has 1 heterocycles. The second-order valence-electron chi connectivity index (χ2n) is 4.47. The molecule has 5 heteroatoms. The minimum atomic E-state index is -0.558. The van der Waals surface area contributed by atoms with Crippen LogP contribution >= 0.6 is 11.6 Å². The molecule has 0 atom stereocenters. The summed E-state index contributed by atoms with van der Waals surface area (Å²) in [6, 6.07) is 13.2. The summed E-state index contributed by atoms with van der Waals surface area (Å²) < 4.78 is 19.0. The molecule has 3 aromatic rings. The van der Waals surface area contributed by atoms with Crippen molar-refractivity contribution in [2.45, 2.75) is 6.61 Å². The third kappa shape index (κ3) is 2.82. The molecule has 0 unspecified atom stereocenters. The third-order valence-electron chi connectivity index (χ3n) is 3.06. The lowest BCUT2D eigenvalue weighted by molar-refractivity contribution is 0.282. The van der Waals surface area contributed by atoms with Crippen LogP contribution in [0.4, 0.5) is 4.39 Å². The van der Waals surface area contributed by atoms with Crippen molar-refractivity contribution in [2.75, 3.05) is 0 Å². The first-order valence-corrected chi connectivity index (χ1v) is 6.67. The van der Waals surface area contributed by atoms with Crippen LogP contribution in [0.5, 0.6) is 11.6 Å². The van der Waals surface area contributed by atoms with Crippen LogP contribution in [0, 0.1) is 5.82 Å². The SMILES string of the molecule is OCc1cc(Oc2ccc(Cl)c(F)c2)nc2ccccc12. The second-order valence-corrected chi connectivity index (χ2v) is 4.88. The van der Waals surface area contributed by atoms with Gasteiger partial charge in [0.15, 0.2) is 0 Å². The van der Waals surface area contributed by atoms with Gasteiger partial charge in [-0.2, -0.15) is 0 Å². The van der Waals surface area contributed by atoms with Gasteiger partial charge in [0.25, 0.3) is 0 Å². The lowest BCUT2D eigenvalue weighted by atomic mass is 10.1. The minimum Gasteiger partial charge on any atom is -0.439 e. The fourth-order valence-corrected chi connectivity index (χ4v) is 2.18. The van der Waals surface area contributed by atoms with Gasteiger partial charge in [-0.15, -0.1) is 0 Å². The van der Waals surface area contributed by atoms with E-state index in [1.54, 1.807) is 12.1 Å². The average molecular weight is 304 g/mol. The van der Waals surface area contributed by atoms with Gasteiger partial charge in [-0.1, -0.05) is 29.8 Å². The molecule has 0 bridgehead atoms. The molecule has 0 radical (unpaired) electrons. The highest BCUT2D eigenvalue weighted by atomic mass is 35.5. The van der Waals surface area contributed by atoms with Crippen LogP contribution in [0.25, 0.3) is 10.9 Å². The number of nitrogens with zero attached hydrogens (tertiary/aromatic N) is 1. The fourth-order valence-electron chi connectivity index (χ4n) is 2.06. The van der Waals surface area contributed by atoms with Gasteiger partial charge in [0.1, 0.15) is 11.6 Å². The molecule has 2 aromatic carbocycles. The number of benzene rings is 2. The molecular formula is C16H11ClFNO2. The maximum atomic E-state index is 13.4. The molecule has 1 N–H and O–H groups in total. The number of para-hydroxylation sites is 1. The lowest BCUT2D eigenvalue weighted by Crippen LogP contribution is -1.94. The molecule has 106 valence electrons. The van der Waals surface area contributed by atoms with Crippen LogP contribution < -0.4 is 4.74 Å². The summed E-state index contributed by atoms with van der Waals surface area (Å²) in [7, 11) is 0. The van der Waals surface area contributed by atoms with E-state index in [1.165, 1.54) is 12.1 Å². The van der Waals surface area contributed by atoms with E-state index >= 15 is 0 Å². The minimum absolute atomic E-state index is 0.0323. The van der Waals surface area contributed by atoms with E-state index in [0.29, 0.717) is 22.7 Å². The van der Waals surface area contributed by atoms with Gasteiger partial charge >= 0.3 is 0 Å². The number of halogens is 2. The highest BCUT2D eigenvalue weighted by Gasteiger charge is 2.08. The van der Waals surface area contributed by atoms with E-state index < -0.39 is 5.82 Å². The quantitative estimate of drug-likeness (QED) is 0.784. The zero-order valence-electron chi connectivity index (χ0n) is 10.9. The molecule has 0 saturated carbocycles. The molecule has 0 saturated heterocycles. The Kier molecular flexibility index (Phi) is 3.73. The summed E-state index contributed by atoms with van der Waals surface area (Å²) in [6.07, 6.45) is 0. The summed E-state index contributed by atoms with van der Waals surface area (Å²) in [5, 5.41) is 10.3. The number of pyridine rings is 1. The third-order valence-corrected chi connectivity index (χ3v) is 3.37. The zero-order valence-corrected chi connectivity index (χ0v) is 11.6. The molecule has 0 amide bonds. The van der Waals surface area contributed by atoms with E-state index in [4.69, 9.17) is 16.3 Å². The van der Waals surface area contributed by atoms with Crippen molar-refractivity contribution >= 4 is 22.5 Å². The maximum absolute atomic E-state index is 13.4. The second kappa shape index (κ2) is 5.68. The normalized spacial score (nSPS) is 10.8. The lowest BCUT2D eigenvalue weighted by Gasteiger charge is -2.09. The highest BCUT2D eigenvalue weighted by Crippen LogP contribution is 2.27. The Hall–Kier alpha value is -2.17. The first kappa shape index (κ1) is 13.8. The van der Waals surface area contributed by atoms with E-state index in [1.807, 2.05) is 24.3 Å². The number of rotatable bonds is 3. The number of aliphatic hydroxyl groups excluding tert-OH is 1. The molecule has 0 aliphatic carbocycles. The summed E-state index contributed by atoms with van der Waals surface area (Å²) in [6.45, 7) is -0.131. The zero-order chi connectivity index (χ0) is 14.8. The van der Waals surface area contributed by atoms with Gasteiger partial charge in [0, 0.05) is 17.5 Å². The van der Waals surface area contributed by atoms with Crippen molar-refractivity contribution in [1.82, 2.24) is 4.98 Å². The number of hydrogen-bond donors (Lipinski definition) is 1. The molecular weight excluding hydrogens is 293 g/mol. The van der Waals surface area contributed by atoms with Crippen LogP contribution in [0.3, 0.4) is 0 Å². The molecule has 3 rings (SSSR count). The highest BCUT2D eigenvalue weighted by molar-refractivity contribution is 6.30. The molecule has 0 aliphatic heterocycles. The van der Waals surface area contributed by atoms with Gasteiger partial charge in [0.2, 0.25) is 5.88 Å². The summed E-state index contributed by atoms with van der Waals surface area (Å²) in [5.41, 5.74) is 1.40. The molecule has 3 nitrogen and oxygen atoms in total.